The second kappa shape index (κ2) is 7.11. The molecule has 0 N–H and O–H groups in total. The van der Waals surface area contributed by atoms with Gasteiger partial charge < -0.3 is 0 Å². The van der Waals surface area contributed by atoms with E-state index in [2.05, 4.69) is 15.4 Å². The first-order valence-electron chi connectivity index (χ1n) is 6.29. The van der Waals surface area contributed by atoms with Crippen LogP contribution in [0.2, 0.25) is 0 Å². The average molecular weight is 265 g/mol. The molecule has 2 rings (SSSR count). The Labute approximate surface area is 112 Å². The van der Waals surface area contributed by atoms with E-state index < -0.39 is 0 Å². The lowest BCUT2D eigenvalue weighted by Gasteiger charge is -1.98. The van der Waals surface area contributed by atoms with Gasteiger partial charge in [-0.1, -0.05) is 43.2 Å². The van der Waals surface area contributed by atoms with Gasteiger partial charge >= 0.3 is 0 Å². The normalized spacial score (nSPS) is 10.7. The van der Waals surface area contributed by atoms with Gasteiger partial charge in [-0.3, -0.25) is 0 Å². The van der Waals surface area contributed by atoms with Crippen molar-refractivity contribution in [1.29, 1.82) is 0 Å². The van der Waals surface area contributed by atoms with Crippen LogP contribution in [0.25, 0.3) is 11.4 Å². The fourth-order valence-electron chi connectivity index (χ4n) is 1.74. The van der Waals surface area contributed by atoms with Crippen LogP contribution < -0.4 is 0 Å². The minimum absolute atomic E-state index is 0.691. The summed E-state index contributed by atoms with van der Waals surface area (Å²) in [6, 6.07) is 9.90. The van der Waals surface area contributed by atoms with Crippen LogP contribution in [0.4, 0.5) is 0 Å². The molecule has 0 aliphatic heterocycles. The predicted molar refractivity (Wildman–Crippen MR) is 72.4 cm³/mol. The number of hydrogen-bond acceptors (Lipinski definition) is 3. The van der Waals surface area contributed by atoms with Crippen molar-refractivity contribution in [2.24, 2.45) is 0 Å². The van der Waals surface area contributed by atoms with Gasteiger partial charge in [0, 0.05) is 11.4 Å². The van der Waals surface area contributed by atoms with Crippen LogP contribution in [-0.2, 0) is 6.54 Å². The van der Waals surface area contributed by atoms with Gasteiger partial charge in [-0.25, -0.2) is 0 Å². The first-order chi connectivity index (χ1) is 8.90. The van der Waals surface area contributed by atoms with Crippen LogP contribution in [0.1, 0.15) is 25.7 Å². The average Bonchev–Trinajstić information content (AvgIpc) is 2.88. The molecule has 1 heterocycles. The highest BCUT2D eigenvalue weighted by Crippen LogP contribution is 2.12. The third-order valence-electron chi connectivity index (χ3n) is 2.73. The second-order valence-corrected chi connectivity index (χ2v) is 4.56. The maximum absolute atomic E-state index is 5.63. The Morgan fingerprint density at radius 2 is 1.78 bits per heavy atom. The van der Waals surface area contributed by atoms with E-state index in [4.69, 9.17) is 11.6 Å². The number of hydrogen-bond donors (Lipinski definition) is 0. The van der Waals surface area contributed by atoms with Gasteiger partial charge in [-0.05, 0) is 18.1 Å². The second-order valence-electron chi connectivity index (χ2n) is 4.18. The number of tetrazole rings is 1. The molecule has 0 radical (unpaired) electrons. The van der Waals surface area contributed by atoms with Crippen molar-refractivity contribution in [2.45, 2.75) is 32.2 Å². The molecule has 0 fully saturated rings. The first kappa shape index (κ1) is 13.0. The van der Waals surface area contributed by atoms with Crippen LogP contribution in [0, 0.1) is 0 Å². The number of rotatable bonds is 7. The highest BCUT2D eigenvalue weighted by molar-refractivity contribution is 6.17. The molecule has 0 amide bonds. The van der Waals surface area contributed by atoms with Crippen molar-refractivity contribution in [2.75, 3.05) is 5.88 Å². The van der Waals surface area contributed by atoms with E-state index in [0.717, 1.165) is 37.3 Å². The first-order valence-corrected chi connectivity index (χ1v) is 6.83. The monoisotopic (exact) mass is 264 g/mol. The van der Waals surface area contributed by atoms with Crippen molar-refractivity contribution in [3.8, 4) is 11.4 Å². The van der Waals surface area contributed by atoms with E-state index in [0.29, 0.717) is 5.82 Å². The summed E-state index contributed by atoms with van der Waals surface area (Å²) >= 11 is 5.63. The van der Waals surface area contributed by atoms with Crippen molar-refractivity contribution in [1.82, 2.24) is 20.2 Å². The van der Waals surface area contributed by atoms with Crippen LogP contribution in [0.5, 0.6) is 0 Å². The fraction of sp³-hybridized carbons (Fsp3) is 0.462. The van der Waals surface area contributed by atoms with Crippen molar-refractivity contribution >= 4 is 11.6 Å². The predicted octanol–water partition coefficient (Wildman–Crippen LogP) is 3.14. The number of benzene rings is 1. The summed E-state index contributed by atoms with van der Waals surface area (Å²) in [6.07, 6.45) is 4.49. The number of halogens is 1. The lowest BCUT2D eigenvalue weighted by atomic mass is 10.2. The SMILES string of the molecule is ClCCCCCCn1nnc(-c2ccccc2)n1. The van der Waals surface area contributed by atoms with Gasteiger partial charge in [0.15, 0.2) is 0 Å². The summed E-state index contributed by atoms with van der Waals surface area (Å²) in [5.41, 5.74) is 1.01. The maximum Gasteiger partial charge on any atom is 0.204 e. The standard InChI is InChI=1S/C13H17ClN4/c14-10-6-1-2-7-11-18-16-13(15-17-18)12-8-4-3-5-9-12/h3-5,8-9H,1-2,6-7,10-11H2. The Morgan fingerprint density at radius 1 is 1.00 bits per heavy atom. The molecule has 0 saturated carbocycles. The zero-order chi connectivity index (χ0) is 12.6. The van der Waals surface area contributed by atoms with Gasteiger partial charge in [0.1, 0.15) is 0 Å². The Hall–Kier alpha value is -1.42. The van der Waals surface area contributed by atoms with E-state index in [1.54, 1.807) is 4.80 Å². The highest BCUT2D eigenvalue weighted by atomic mass is 35.5. The molecule has 1 aromatic heterocycles. The molecule has 0 spiro atoms. The molecule has 5 heteroatoms. The summed E-state index contributed by atoms with van der Waals surface area (Å²) < 4.78 is 0. The van der Waals surface area contributed by atoms with Crippen LogP contribution in [-0.4, -0.2) is 26.1 Å². The minimum atomic E-state index is 0.691. The molecule has 0 atom stereocenters. The van der Waals surface area contributed by atoms with E-state index in [-0.39, 0.29) is 0 Å². The maximum atomic E-state index is 5.63. The molecule has 18 heavy (non-hydrogen) atoms. The minimum Gasteiger partial charge on any atom is -0.164 e. The third kappa shape index (κ3) is 3.81. The molecule has 0 aliphatic carbocycles. The summed E-state index contributed by atoms with van der Waals surface area (Å²) in [5, 5.41) is 12.5. The number of nitrogens with zero attached hydrogens (tertiary/aromatic N) is 4. The van der Waals surface area contributed by atoms with Crippen molar-refractivity contribution in [3.63, 3.8) is 0 Å². The number of aromatic nitrogens is 4. The van der Waals surface area contributed by atoms with E-state index in [1.807, 2.05) is 30.3 Å². The highest BCUT2D eigenvalue weighted by Gasteiger charge is 2.04. The molecular weight excluding hydrogens is 248 g/mol. The van der Waals surface area contributed by atoms with Crippen LogP contribution in [0.15, 0.2) is 30.3 Å². The van der Waals surface area contributed by atoms with Gasteiger partial charge in [0.25, 0.3) is 0 Å². The Balaban J connectivity index is 1.83. The van der Waals surface area contributed by atoms with Gasteiger partial charge in [-0.15, -0.1) is 21.8 Å². The number of unbranched alkanes of at least 4 members (excludes halogenated alkanes) is 3. The molecule has 0 bridgehead atoms. The number of alkyl halides is 1. The molecule has 96 valence electrons. The van der Waals surface area contributed by atoms with Crippen molar-refractivity contribution < 1.29 is 0 Å². The summed E-state index contributed by atoms with van der Waals surface area (Å²) in [7, 11) is 0. The quantitative estimate of drug-likeness (QED) is 0.570. The zero-order valence-corrected chi connectivity index (χ0v) is 11.1. The topological polar surface area (TPSA) is 43.6 Å². The van der Waals surface area contributed by atoms with Crippen molar-refractivity contribution in [3.05, 3.63) is 30.3 Å². The molecule has 0 aliphatic rings. The molecule has 2 aromatic rings. The molecule has 0 unspecified atom stereocenters. The third-order valence-corrected chi connectivity index (χ3v) is 2.99. The lowest BCUT2D eigenvalue weighted by molar-refractivity contribution is 0.480. The van der Waals surface area contributed by atoms with E-state index >= 15 is 0 Å². The van der Waals surface area contributed by atoms with Crippen LogP contribution >= 0.6 is 11.6 Å². The van der Waals surface area contributed by atoms with E-state index in [9.17, 15) is 0 Å². The lowest BCUT2D eigenvalue weighted by Crippen LogP contribution is -2.02. The molecular formula is C13H17ClN4. The van der Waals surface area contributed by atoms with Gasteiger partial charge in [0.05, 0.1) is 6.54 Å². The fourth-order valence-corrected chi connectivity index (χ4v) is 1.93. The Morgan fingerprint density at radius 3 is 2.56 bits per heavy atom. The molecule has 0 saturated heterocycles. The molecule has 1 aromatic carbocycles. The Bertz CT molecular complexity index is 455. The largest absolute Gasteiger partial charge is 0.204 e. The summed E-state index contributed by atoms with van der Waals surface area (Å²) in [5.74, 6) is 1.44. The van der Waals surface area contributed by atoms with Crippen LogP contribution in [0.3, 0.4) is 0 Å². The zero-order valence-electron chi connectivity index (χ0n) is 10.3. The number of aryl methyl sites for hydroxylation is 1. The smallest absolute Gasteiger partial charge is 0.164 e. The summed E-state index contributed by atoms with van der Waals surface area (Å²) in [4.78, 5) is 1.67. The van der Waals surface area contributed by atoms with E-state index in [1.165, 1.54) is 6.42 Å². The summed E-state index contributed by atoms with van der Waals surface area (Å²) in [6.45, 7) is 0.822. The van der Waals surface area contributed by atoms with Gasteiger partial charge in [0.2, 0.25) is 5.82 Å². The molecule has 4 nitrogen and oxygen atoms in total. The van der Waals surface area contributed by atoms with Gasteiger partial charge in [-0.2, -0.15) is 4.80 Å². The Kier molecular flexibility index (Phi) is 5.15.